The van der Waals surface area contributed by atoms with Crippen LogP contribution in [0.4, 0.5) is 0 Å². The van der Waals surface area contributed by atoms with Crippen molar-refractivity contribution >= 4 is 5.65 Å². The number of nitrogens with two attached hydrogens (primary N) is 1. The summed E-state index contributed by atoms with van der Waals surface area (Å²) in [5.41, 5.74) is 7.66. The Labute approximate surface area is 113 Å². The van der Waals surface area contributed by atoms with E-state index in [1.54, 1.807) is 0 Å². The highest BCUT2D eigenvalue weighted by molar-refractivity contribution is 5.40. The molecule has 0 saturated carbocycles. The average Bonchev–Trinajstić information content (AvgIpc) is 3.04. The number of pyridine rings is 1. The number of likely N-dealkylation sites (tertiary alicyclic amines) is 1. The molecule has 5 nitrogen and oxygen atoms in total. The maximum atomic E-state index is 5.66. The summed E-state index contributed by atoms with van der Waals surface area (Å²) >= 11 is 0. The van der Waals surface area contributed by atoms with Gasteiger partial charge in [-0.3, -0.25) is 0 Å². The fourth-order valence-corrected chi connectivity index (χ4v) is 2.71. The van der Waals surface area contributed by atoms with Crippen LogP contribution in [0, 0.1) is 0 Å². The molecule has 0 radical (unpaired) electrons. The maximum Gasteiger partial charge on any atom is 0.156 e. The number of aromatic nitrogens is 3. The minimum absolute atomic E-state index is 0.462. The standard InChI is InChI=1S/C14H21N5/c1-10(2)18-5-4-12(9-18)14-16-13-7-11(8-15)3-6-19(13)17-14/h3,6-7,10,12H,4-5,8-9,15H2,1-2H3. The number of nitrogens with zero attached hydrogens (tertiary/aromatic N) is 4. The third-order valence-electron chi connectivity index (χ3n) is 3.97. The number of fused-ring (bicyclic) bond motifs is 1. The van der Waals surface area contributed by atoms with Crippen molar-refractivity contribution in [1.29, 1.82) is 0 Å². The highest BCUT2D eigenvalue weighted by Gasteiger charge is 2.28. The summed E-state index contributed by atoms with van der Waals surface area (Å²) in [5, 5.41) is 4.60. The fraction of sp³-hybridized carbons (Fsp3) is 0.571. The molecule has 0 spiro atoms. The van der Waals surface area contributed by atoms with Crippen LogP contribution in [0.3, 0.4) is 0 Å². The van der Waals surface area contributed by atoms with Gasteiger partial charge >= 0.3 is 0 Å². The Kier molecular flexibility index (Phi) is 3.24. The van der Waals surface area contributed by atoms with Gasteiger partial charge in [-0.25, -0.2) is 9.50 Å². The summed E-state index contributed by atoms with van der Waals surface area (Å²) in [6.07, 6.45) is 3.10. The van der Waals surface area contributed by atoms with Crippen LogP contribution in [0.25, 0.3) is 5.65 Å². The Bertz CT molecular complexity index is 574. The second-order valence-electron chi connectivity index (χ2n) is 5.59. The molecular weight excluding hydrogens is 238 g/mol. The van der Waals surface area contributed by atoms with Gasteiger partial charge in [0.05, 0.1) is 0 Å². The van der Waals surface area contributed by atoms with Gasteiger partial charge in [0, 0.05) is 31.2 Å². The lowest BCUT2D eigenvalue weighted by Gasteiger charge is -2.19. The molecule has 2 aromatic rings. The average molecular weight is 259 g/mol. The van der Waals surface area contributed by atoms with Crippen LogP contribution in [0.15, 0.2) is 18.3 Å². The number of rotatable bonds is 3. The molecule has 0 bridgehead atoms. The van der Waals surface area contributed by atoms with Crippen molar-refractivity contribution in [2.24, 2.45) is 5.73 Å². The van der Waals surface area contributed by atoms with E-state index in [0.29, 0.717) is 18.5 Å². The SMILES string of the molecule is CC(C)N1CCC(c2nc3cc(CN)ccn3n2)C1. The van der Waals surface area contributed by atoms with Crippen LogP contribution < -0.4 is 5.73 Å². The van der Waals surface area contributed by atoms with Gasteiger partial charge in [-0.15, -0.1) is 0 Å². The molecule has 0 aliphatic carbocycles. The molecule has 1 unspecified atom stereocenters. The summed E-state index contributed by atoms with van der Waals surface area (Å²) in [7, 11) is 0. The topological polar surface area (TPSA) is 59.5 Å². The second-order valence-corrected chi connectivity index (χ2v) is 5.59. The van der Waals surface area contributed by atoms with Crippen molar-refractivity contribution in [2.45, 2.75) is 38.8 Å². The van der Waals surface area contributed by atoms with Gasteiger partial charge in [0.2, 0.25) is 0 Å². The zero-order valence-electron chi connectivity index (χ0n) is 11.6. The van der Waals surface area contributed by atoms with Gasteiger partial charge in [0.1, 0.15) is 0 Å². The second kappa shape index (κ2) is 4.90. The van der Waals surface area contributed by atoms with Crippen molar-refractivity contribution < 1.29 is 0 Å². The minimum Gasteiger partial charge on any atom is -0.326 e. The third kappa shape index (κ3) is 2.35. The van der Waals surface area contributed by atoms with Gasteiger partial charge in [0.25, 0.3) is 0 Å². The number of hydrogen-bond donors (Lipinski definition) is 1. The van der Waals surface area contributed by atoms with Crippen LogP contribution in [-0.2, 0) is 6.54 Å². The Balaban J connectivity index is 1.86. The highest BCUT2D eigenvalue weighted by Crippen LogP contribution is 2.26. The molecule has 102 valence electrons. The van der Waals surface area contributed by atoms with E-state index in [2.05, 4.69) is 28.8 Å². The number of hydrogen-bond acceptors (Lipinski definition) is 4. The first-order chi connectivity index (χ1) is 9.17. The lowest BCUT2D eigenvalue weighted by atomic mass is 10.1. The molecule has 1 atom stereocenters. The molecule has 3 rings (SSSR count). The summed E-state index contributed by atoms with van der Waals surface area (Å²) in [5.74, 6) is 1.43. The molecule has 1 aliphatic rings. The van der Waals surface area contributed by atoms with E-state index in [9.17, 15) is 0 Å². The van der Waals surface area contributed by atoms with Crippen LogP contribution in [-0.4, -0.2) is 38.6 Å². The Morgan fingerprint density at radius 3 is 3.00 bits per heavy atom. The summed E-state index contributed by atoms with van der Waals surface area (Å²) in [4.78, 5) is 7.15. The van der Waals surface area contributed by atoms with Gasteiger partial charge in [-0.2, -0.15) is 5.10 Å². The largest absolute Gasteiger partial charge is 0.326 e. The van der Waals surface area contributed by atoms with Crippen LogP contribution in [0.1, 0.15) is 37.6 Å². The Morgan fingerprint density at radius 2 is 2.32 bits per heavy atom. The van der Waals surface area contributed by atoms with E-state index in [4.69, 9.17) is 5.73 Å². The van der Waals surface area contributed by atoms with E-state index in [1.807, 2.05) is 22.8 Å². The molecule has 5 heteroatoms. The highest BCUT2D eigenvalue weighted by atomic mass is 15.3. The van der Waals surface area contributed by atoms with Gasteiger partial charge < -0.3 is 10.6 Å². The fourth-order valence-electron chi connectivity index (χ4n) is 2.71. The van der Waals surface area contributed by atoms with Crippen molar-refractivity contribution in [2.75, 3.05) is 13.1 Å². The first-order valence-corrected chi connectivity index (χ1v) is 6.96. The van der Waals surface area contributed by atoms with Crippen molar-refractivity contribution in [3.63, 3.8) is 0 Å². The van der Waals surface area contributed by atoms with Crippen molar-refractivity contribution in [3.8, 4) is 0 Å². The van der Waals surface area contributed by atoms with Crippen molar-refractivity contribution in [3.05, 3.63) is 29.7 Å². The molecule has 1 saturated heterocycles. The van der Waals surface area contributed by atoms with E-state index in [0.717, 1.165) is 36.5 Å². The molecule has 1 aliphatic heterocycles. The molecule has 0 amide bonds. The summed E-state index contributed by atoms with van der Waals surface area (Å²) < 4.78 is 1.85. The molecule has 2 aromatic heterocycles. The zero-order valence-corrected chi connectivity index (χ0v) is 11.6. The van der Waals surface area contributed by atoms with E-state index < -0.39 is 0 Å². The van der Waals surface area contributed by atoms with E-state index >= 15 is 0 Å². The smallest absolute Gasteiger partial charge is 0.156 e. The molecule has 0 aromatic carbocycles. The minimum atomic E-state index is 0.462. The summed E-state index contributed by atoms with van der Waals surface area (Å²) in [6.45, 7) is 7.24. The van der Waals surface area contributed by atoms with Gasteiger partial charge in [-0.1, -0.05) is 0 Å². The Morgan fingerprint density at radius 1 is 1.47 bits per heavy atom. The quantitative estimate of drug-likeness (QED) is 0.905. The van der Waals surface area contributed by atoms with E-state index in [-0.39, 0.29) is 0 Å². The van der Waals surface area contributed by atoms with E-state index in [1.165, 1.54) is 0 Å². The normalized spacial score (nSPS) is 20.7. The Hall–Kier alpha value is -1.46. The maximum absolute atomic E-state index is 5.66. The molecule has 19 heavy (non-hydrogen) atoms. The summed E-state index contributed by atoms with van der Waals surface area (Å²) in [6, 6.07) is 4.62. The predicted molar refractivity (Wildman–Crippen MR) is 74.9 cm³/mol. The lowest BCUT2D eigenvalue weighted by Crippen LogP contribution is -2.28. The van der Waals surface area contributed by atoms with Crippen LogP contribution >= 0.6 is 0 Å². The molecule has 3 heterocycles. The lowest BCUT2D eigenvalue weighted by molar-refractivity contribution is 0.272. The zero-order chi connectivity index (χ0) is 13.4. The van der Waals surface area contributed by atoms with Gasteiger partial charge in [-0.05, 0) is 44.5 Å². The van der Waals surface area contributed by atoms with Crippen LogP contribution in [0.2, 0.25) is 0 Å². The molecule has 1 fully saturated rings. The van der Waals surface area contributed by atoms with Crippen molar-refractivity contribution in [1.82, 2.24) is 19.5 Å². The molecule has 2 N–H and O–H groups in total. The first kappa shape index (κ1) is 12.6. The third-order valence-corrected chi connectivity index (χ3v) is 3.97. The molecular formula is C14H21N5. The first-order valence-electron chi connectivity index (χ1n) is 6.96. The predicted octanol–water partition coefficient (Wildman–Crippen LogP) is 1.39. The van der Waals surface area contributed by atoms with Crippen LogP contribution in [0.5, 0.6) is 0 Å². The monoisotopic (exact) mass is 259 g/mol. The van der Waals surface area contributed by atoms with Gasteiger partial charge in [0.15, 0.2) is 11.5 Å².